The molecule has 0 radical (unpaired) electrons. The summed E-state index contributed by atoms with van der Waals surface area (Å²) >= 11 is 0. The molecular weight excluding hydrogens is 375 g/mol. The highest BCUT2D eigenvalue weighted by Crippen LogP contribution is 2.38. The van der Waals surface area contributed by atoms with Gasteiger partial charge in [0.2, 0.25) is 17.7 Å². The van der Waals surface area contributed by atoms with Crippen LogP contribution in [-0.2, 0) is 14.4 Å². The van der Waals surface area contributed by atoms with Crippen molar-refractivity contribution in [3.05, 3.63) is 30.1 Å². The van der Waals surface area contributed by atoms with Gasteiger partial charge in [-0.25, -0.2) is 4.39 Å². The monoisotopic (exact) mass is 402 g/mol. The average molecular weight is 402 g/mol. The summed E-state index contributed by atoms with van der Waals surface area (Å²) in [5.74, 6) is -0.790. The molecule has 0 bridgehead atoms. The van der Waals surface area contributed by atoms with Gasteiger partial charge in [-0.05, 0) is 31.0 Å². The number of rotatable bonds is 5. The molecule has 156 valence electrons. The fraction of sp³-hybridized carbons (Fsp3) is 0.571. The molecule has 1 saturated carbocycles. The molecule has 2 saturated heterocycles. The minimum Gasteiger partial charge on any atom is -0.325 e. The number of benzene rings is 1. The third-order valence-electron chi connectivity index (χ3n) is 6.21. The molecule has 7 nitrogen and oxygen atoms in total. The Kier molecular flexibility index (Phi) is 5.91. The summed E-state index contributed by atoms with van der Waals surface area (Å²) in [5, 5.41) is 2.71. The number of nitrogens with zero attached hydrogens (tertiary/aromatic N) is 3. The molecule has 0 spiro atoms. The van der Waals surface area contributed by atoms with Crippen molar-refractivity contribution in [2.24, 2.45) is 11.8 Å². The Morgan fingerprint density at radius 2 is 1.62 bits per heavy atom. The van der Waals surface area contributed by atoms with E-state index in [1.54, 1.807) is 12.1 Å². The van der Waals surface area contributed by atoms with Crippen molar-refractivity contribution in [2.45, 2.75) is 25.7 Å². The van der Waals surface area contributed by atoms with Crippen molar-refractivity contribution in [1.82, 2.24) is 14.7 Å². The van der Waals surface area contributed by atoms with Gasteiger partial charge in [-0.3, -0.25) is 29.1 Å². The van der Waals surface area contributed by atoms with Crippen LogP contribution in [0.2, 0.25) is 0 Å². The molecule has 1 N–H and O–H groups in total. The van der Waals surface area contributed by atoms with Crippen molar-refractivity contribution in [3.63, 3.8) is 0 Å². The fourth-order valence-electron chi connectivity index (χ4n) is 4.63. The molecule has 2 atom stereocenters. The van der Waals surface area contributed by atoms with E-state index in [0.717, 1.165) is 25.7 Å². The molecule has 3 amide bonds. The Bertz CT molecular complexity index is 770. The summed E-state index contributed by atoms with van der Waals surface area (Å²) < 4.78 is 13.2. The second kappa shape index (κ2) is 8.59. The maximum Gasteiger partial charge on any atom is 0.238 e. The lowest BCUT2D eigenvalue weighted by molar-refractivity contribution is -0.142. The van der Waals surface area contributed by atoms with E-state index in [-0.39, 0.29) is 41.9 Å². The first-order chi connectivity index (χ1) is 14.0. The van der Waals surface area contributed by atoms with Crippen LogP contribution in [0.3, 0.4) is 0 Å². The van der Waals surface area contributed by atoms with Crippen LogP contribution in [0.15, 0.2) is 24.3 Å². The highest BCUT2D eigenvalue weighted by molar-refractivity contribution is 6.05. The van der Waals surface area contributed by atoms with Gasteiger partial charge < -0.3 is 5.32 Å². The number of anilines is 1. The lowest BCUT2D eigenvalue weighted by Crippen LogP contribution is -2.52. The van der Waals surface area contributed by atoms with E-state index in [2.05, 4.69) is 10.2 Å². The Morgan fingerprint density at radius 3 is 2.24 bits per heavy atom. The van der Waals surface area contributed by atoms with Crippen molar-refractivity contribution < 1.29 is 18.8 Å². The predicted molar refractivity (Wildman–Crippen MR) is 105 cm³/mol. The lowest BCUT2D eigenvalue weighted by Gasteiger charge is -2.35. The van der Waals surface area contributed by atoms with E-state index >= 15 is 0 Å². The number of piperazine rings is 1. The molecule has 0 unspecified atom stereocenters. The van der Waals surface area contributed by atoms with Crippen LogP contribution in [0.1, 0.15) is 25.7 Å². The highest BCUT2D eigenvalue weighted by atomic mass is 19.1. The van der Waals surface area contributed by atoms with Gasteiger partial charge in [0.1, 0.15) is 5.82 Å². The smallest absolute Gasteiger partial charge is 0.238 e. The Hall–Kier alpha value is -2.32. The van der Waals surface area contributed by atoms with Gasteiger partial charge in [-0.2, -0.15) is 0 Å². The molecule has 29 heavy (non-hydrogen) atoms. The first-order valence-electron chi connectivity index (χ1n) is 10.4. The zero-order valence-electron chi connectivity index (χ0n) is 16.5. The summed E-state index contributed by atoms with van der Waals surface area (Å²) in [7, 11) is 0. The summed E-state index contributed by atoms with van der Waals surface area (Å²) in [6.45, 7) is 3.34. The van der Waals surface area contributed by atoms with Crippen LogP contribution in [0, 0.1) is 17.7 Å². The molecule has 4 rings (SSSR count). The number of amides is 3. The summed E-state index contributed by atoms with van der Waals surface area (Å²) in [4.78, 5) is 43.0. The topological polar surface area (TPSA) is 73.0 Å². The van der Waals surface area contributed by atoms with Crippen molar-refractivity contribution in [2.75, 3.05) is 44.7 Å². The number of hydrogen-bond acceptors (Lipinski definition) is 5. The number of carbonyl (C=O) groups excluding carboxylic acids is 3. The summed E-state index contributed by atoms with van der Waals surface area (Å²) in [6, 6.07) is 5.83. The fourth-order valence-corrected chi connectivity index (χ4v) is 4.63. The third-order valence-corrected chi connectivity index (χ3v) is 6.21. The van der Waals surface area contributed by atoms with Crippen LogP contribution in [0.4, 0.5) is 10.1 Å². The van der Waals surface area contributed by atoms with Crippen molar-refractivity contribution in [1.29, 1.82) is 0 Å². The third kappa shape index (κ3) is 4.48. The number of carbonyl (C=O) groups is 3. The van der Waals surface area contributed by atoms with E-state index in [1.807, 2.05) is 4.90 Å². The van der Waals surface area contributed by atoms with Gasteiger partial charge in [0.15, 0.2) is 0 Å². The molecule has 2 heterocycles. The van der Waals surface area contributed by atoms with Crippen LogP contribution in [0.25, 0.3) is 0 Å². The molecule has 1 aliphatic carbocycles. The molecule has 1 aromatic carbocycles. The van der Waals surface area contributed by atoms with Gasteiger partial charge in [-0.15, -0.1) is 0 Å². The standard InChI is InChI=1S/C21H27FN4O3/c22-15-4-3-5-16(12-15)23-19(27)13-24-8-10-25(11-9-24)14-26-20(28)17-6-1-2-7-18(17)21(26)29/h3-5,12,17-18H,1-2,6-11,13-14H2,(H,23,27)/t17-,18-/m1/s1. The number of likely N-dealkylation sites (tertiary alicyclic amines) is 1. The quantitative estimate of drug-likeness (QED) is 0.756. The van der Waals surface area contributed by atoms with E-state index in [0.29, 0.717) is 38.5 Å². The normalized spacial score (nSPS) is 25.9. The van der Waals surface area contributed by atoms with Crippen molar-refractivity contribution >= 4 is 23.4 Å². The summed E-state index contributed by atoms with van der Waals surface area (Å²) in [6.07, 6.45) is 3.73. The number of imide groups is 1. The second-order valence-electron chi connectivity index (χ2n) is 8.20. The van der Waals surface area contributed by atoms with Gasteiger partial charge in [0.05, 0.1) is 25.0 Å². The highest BCUT2D eigenvalue weighted by Gasteiger charge is 2.48. The van der Waals surface area contributed by atoms with Crippen LogP contribution in [-0.4, -0.2) is 71.8 Å². The number of fused-ring (bicyclic) bond motifs is 1. The predicted octanol–water partition coefficient (Wildman–Crippen LogP) is 1.51. The van der Waals surface area contributed by atoms with E-state index in [9.17, 15) is 18.8 Å². The van der Waals surface area contributed by atoms with E-state index in [1.165, 1.54) is 17.0 Å². The maximum atomic E-state index is 13.2. The Morgan fingerprint density at radius 1 is 1.00 bits per heavy atom. The van der Waals surface area contributed by atoms with Gasteiger partial charge in [0, 0.05) is 31.9 Å². The zero-order chi connectivity index (χ0) is 20.4. The first-order valence-corrected chi connectivity index (χ1v) is 10.4. The molecule has 0 aromatic heterocycles. The molecule has 3 fully saturated rings. The van der Waals surface area contributed by atoms with Gasteiger partial charge in [0.25, 0.3) is 0 Å². The Labute approximate surface area is 169 Å². The molecule has 3 aliphatic rings. The van der Waals surface area contributed by atoms with Gasteiger partial charge in [-0.1, -0.05) is 18.9 Å². The zero-order valence-corrected chi connectivity index (χ0v) is 16.5. The maximum absolute atomic E-state index is 13.2. The van der Waals surface area contributed by atoms with Gasteiger partial charge >= 0.3 is 0 Å². The number of hydrogen-bond donors (Lipinski definition) is 1. The number of nitrogens with one attached hydrogen (secondary N) is 1. The lowest BCUT2D eigenvalue weighted by atomic mass is 9.81. The second-order valence-corrected chi connectivity index (χ2v) is 8.20. The molecule has 8 heteroatoms. The van der Waals surface area contributed by atoms with Crippen LogP contribution >= 0.6 is 0 Å². The SMILES string of the molecule is O=C(CN1CCN(CN2C(=O)[C@@H]3CCCC[C@H]3C2=O)CC1)Nc1cccc(F)c1. The molecule has 1 aromatic rings. The van der Waals surface area contributed by atoms with Crippen molar-refractivity contribution in [3.8, 4) is 0 Å². The first kappa shape index (κ1) is 20.0. The van der Waals surface area contributed by atoms with Crippen LogP contribution in [0.5, 0.6) is 0 Å². The average Bonchev–Trinajstić information content (AvgIpc) is 2.94. The Balaban J connectivity index is 1.24. The number of halogens is 1. The molecule has 2 aliphatic heterocycles. The van der Waals surface area contributed by atoms with E-state index in [4.69, 9.17) is 0 Å². The minimum absolute atomic E-state index is 0.00315. The molecular formula is C21H27FN4O3. The van der Waals surface area contributed by atoms with E-state index < -0.39 is 0 Å². The minimum atomic E-state index is -0.387. The van der Waals surface area contributed by atoms with Crippen LogP contribution < -0.4 is 5.32 Å². The summed E-state index contributed by atoms with van der Waals surface area (Å²) in [5.41, 5.74) is 0.446. The largest absolute Gasteiger partial charge is 0.325 e.